The van der Waals surface area contributed by atoms with Crippen LogP contribution in [0.15, 0.2) is 33.9 Å². The number of hydrogen-bond donors (Lipinski definition) is 0. The Labute approximate surface area is 142 Å². The summed E-state index contributed by atoms with van der Waals surface area (Å²) < 4.78 is 15.6. The van der Waals surface area contributed by atoms with Crippen molar-refractivity contribution >= 4 is 16.8 Å². The van der Waals surface area contributed by atoms with Crippen LogP contribution in [0.1, 0.15) is 23.0 Å². The van der Waals surface area contributed by atoms with Gasteiger partial charge in [-0.2, -0.15) is 0 Å². The predicted octanol–water partition coefficient (Wildman–Crippen LogP) is 1.95. The second kappa shape index (κ2) is 5.77. The Bertz CT molecular complexity index is 1140. The third kappa shape index (κ3) is 2.48. The minimum absolute atomic E-state index is 0.159. The Hall–Kier alpha value is -3.09. The molecule has 128 valence electrons. The molecule has 0 saturated heterocycles. The van der Waals surface area contributed by atoms with Crippen LogP contribution < -0.4 is 11.2 Å². The molecule has 6 nitrogen and oxygen atoms in total. The van der Waals surface area contributed by atoms with Crippen LogP contribution in [-0.2, 0) is 14.1 Å². The number of aromatic nitrogens is 3. The highest BCUT2D eigenvalue weighted by molar-refractivity contribution is 6.09. The number of benzene rings is 1. The van der Waals surface area contributed by atoms with Gasteiger partial charge in [0, 0.05) is 25.2 Å². The quantitative estimate of drug-likeness (QED) is 0.668. The van der Waals surface area contributed by atoms with E-state index in [1.807, 2.05) is 0 Å². The summed E-state index contributed by atoms with van der Waals surface area (Å²) in [7, 11) is 2.88. The van der Waals surface area contributed by atoms with Crippen LogP contribution in [-0.4, -0.2) is 19.9 Å². The molecule has 0 N–H and O–H groups in total. The molecule has 0 aliphatic rings. The van der Waals surface area contributed by atoms with Crippen LogP contribution in [0.5, 0.6) is 0 Å². The zero-order valence-corrected chi connectivity index (χ0v) is 14.3. The van der Waals surface area contributed by atoms with E-state index in [1.54, 1.807) is 6.92 Å². The van der Waals surface area contributed by atoms with Gasteiger partial charge < -0.3 is 0 Å². The van der Waals surface area contributed by atoms with Crippen molar-refractivity contribution in [2.24, 2.45) is 14.1 Å². The molecule has 0 fully saturated rings. The monoisotopic (exact) mass is 341 g/mol. The number of nitrogens with zero attached hydrogens (tertiary/aromatic N) is 3. The van der Waals surface area contributed by atoms with Crippen LogP contribution in [0.3, 0.4) is 0 Å². The Morgan fingerprint density at radius 2 is 1.68 bits per heavy atom. The summed E-state index contributed by atoms with van der Waals surface area (Å²) in [4.78, 5) is 41.5. The van der Waals surface area contributed by atoms with E-state index in [2.05, 4.69) is 4.98 Å². The molecule has 0 radical (unpaired) electrons. The molecule has 0 unspecified atom stereocenters. The highest BCUT2D eigenvalue weighted by atomic mass is 19.1. The fourth-order valence-corrected chi connectivity index (χ4v) is 3.04. The lowest BCUT2D eigenvalue weighted by Crippen LogP contribution is -2.38. The first-order chi connectivity index (χ1) is 11.7. The maximum Gasteiger partial charge on any atom is 0.332 e. The molecule has 0 atom stereocenters. The molecule has 0 bridgehead atoms. The van der Waals surface area contributed by atoms with Gasteiger partial charge in [0.15, 0.2) is 5.78 Å². The number of halogens is 1. The van der Waals surface area contributed by atoms with Crippen LogP contribution in [0.4, 0.5) is 4.39 Å². The maximum absolute atomic E-state index is 13.3. The summed E-state index contributed by atoms with van der Waals surface area (Å²) in [6.07, 6.45) is 0. The number of carbonyl (C=O) groups excluding carboxylic acids is 1. The fourth-order valence-electron chi connectivity index (χ4n) is 3.04. The predicted molar refractivity (Wildman–Crippen MR) is 92.4 cm³/mol. The van der Waals surface area contributed by atoms with Crippen molar-refractivity contribution in [3.05, 3.63) is 62.2 Å². The van der Waals surface area contributed by atoms with Crippen molar-refractivity contribution in [3.8, 4) is 11.1 Å². The first-order valence-corrected chi connectivity index (χ1v) is 7.61. The van der Waals surface area contributed by atoms with Crippen molar-refractivity contribution in [3.63, 3.8) is 0 Å². The number of carbonyl (C=O) groups is 1. The Kier molecular flexibility index (Phi) is 3.87. The largest absolute Gasteiger partial charge is 0.332 e. The van der Waals surface area contributed by atoms with E-state index in [1.165, 1.54) is 49.9 Å². The van der Waals surface area contributed by atoms with Crippen LogP contribution in [0, 0.1) is 12.7 Å². The standard InChI is InChI=1S/C18H16FN3O3/c1-9-13(10(2)23)14(11-5-7-12(19)8-6-11)15-16(20-9)21(3)18(25)22(4)17(15)24/h5-8H,1-4H3. The van der Waals surface area contributed by atoms with E-state index >= 15 is 0 Å². The smallest absolute Gasteiger partial charge is 0.294 e. The average Bonchev–Trinajstić information content (AvgIpc) is 2.57. The van der Waals surface area contributed by atoms with E-state index in [0.717, 1.165) is 4.57 Å². The van der Waals surface area contributed by atoms with Gasteiger partial charge in [-0.1, -0.05) is 12.1 Å². The molecule has 0 aliphatic carbocycles. The molecule has 7 heteroatoms. The summed E-state index contributed by atoms with van der Waals surface area (Å²) in [5, 5.41) is 0.159. The van der Waals surface area contributed by atoms with Gasteiger partial charge in [0.1, 0.15) is 11.5 Å². The van der Waals surface area contributed by atoms with Crippen molar-refractivity contribution in [1.82, 2.24) is 14.1 Å². The lowest BCUT2D eigenvalue weighted by atomic mass is 9.94. The lowest BCUT2D eigenvalue weighted by Gasteiger charge is -2.16. The number of aryl methyl sites for hydroxylation is 2. The maximum atomic E-state index is 13.3. The molecule has 3 rings (SSSR count). The minimum atomic E-state index is -0.549. The number of hydrogen-bond acceptors (Lipinski definition) is 4. The topological polar surface area (TPSA) is 74.0 Å². The van der Waals surface area contributed by atoms with Gasteiger partial charge in [0.2, 0.25) is 0 Å². The highest BCUT2D eigenvalue weighted by Crippen LogP contribution is 2.31. The van der Waals surface area contributed by atoms with Crippen LogP contribution in [0.2, 0.25) is 0 Å². The zero-order valence-electron chi connectivity index (χ0n) is 14.3. The van der Waals surface area contributed by atoms with Gasteiger partial charge in [-0.05, 0) is 31.5 Å². The van der Waals surface area contributed by atoms with Crippen molar-refractivity contribution in [1.29, 1.82) is 0 Å². The third-order valence-corrected chi connectivity index (χ3v) is 4.25. The molecule has 0 spiro atoms. The van der Waals surface area contributed by atoms with Crippen LogP contribution >= 0.6 is 0 Å². The number of Topliss-reactive ketones (excluding diaryl/α,β-unsaturated/α-hetero) is 1. The molecular formula is C18H16FN3O3. The zero-order chi connectivity index (χ0) is 18.5. The molecule has 2 aromatic heterocycles. The van der Waals surface area contributed by atoms with E-state index in [0.29, 0.717) is 16.8 Å². The van der Waals surface area contributed by atoms with E-state index in [4.69, 9.17) is 0 Å². The first-order valence-electron chi connectivity index (χ1n) is 7.61. The second-order valence-corrected chi connectivity index (χ2v) is 5.91. The Morgan fingerprint density at radius 1 is 1.08 bits per heavy atom. The molecule has 0 amide bonds. The lowest BCUT2D eigenvalue weighted by molar-refractivity contribution is 0.101. The van der Waals surface area contributed by atoms with Gasteiger partial charge in [-0.3, -0.25) is 18.7 Å². The van der Waals surface area contributed by atoms with Crippen molar-refractivity contribution in [2.45, 2.75) is 13.8 Å². The molecule has 25 heavy (non-hydrogen) atoms. The molecule has 1 aromatic carbocycles. The summed E-state index contributed by atoms with van der Waals surface area (Å²) in [5.74, 6) is -0.689. The molecule has 3 aromatic rings. The SMILES string of the molecule is CC(=O)c1c(C)nc2c(c1-c1ccc(F)cc1)c(=O)n(C)c(=O)n2C. The number of pyridine rings is 1. The molecule has 0 aliphatic heterocycles. The number of rotatable bonds is 2. The molecule has 2 heterocycles. The van der Waals surface area contributed by atoms with Crippen molar-refractivity contribution in [2.75, 3.05) is 0 Å². The second-order valence-electron chi connectivity index (χ2n) is 5.91. The van der Waals surface area contributed by atoms with Crippen LogP contribution in [0.25, 0.3) is 22.2 Å². The summed E-state index contributed by atoms with van der Waals surface area (Å²) in [6.45, 7) is 3.03. The van der Waals surface area contributed by atoms with Gasteiger partial charge in [-0.15, -0.1) is 0 Å². The first kappa shape index (κ1) is 16.8. The van der Waals surface area contributed by atoms with Gasteiger partial charge in [-0.25, -0.2) is 14.2 Å². The molecular weight excluding hydrogens is 325 g/mol. The number of fused-ring (bicyclic) bond motifs is 1. The Balaban J connectivity index is 2.66. The van der Waals surface area contributed by atoms with Gasteiger partial charge in [0.05, 0.1) is 11.1 Å². The summed E-state index contributed by atoms with van der Waals surface area (Å²) in [6, 6.07) is 5.52. The van der Waals surface area contributed by atoms with Gasteiger partial charge in [0.25, 0.3) is 5.56 Å². The van der Waals surface area contributed by atoms with Gasteiger partial charge >= 0.3 is 5.69 Å². The van der Waals surface area contributed by atoms with E-state index < -0.39 is 17.1 Å². The average molecular weight is 341 g/mol. The minimum Gasteiger partial charge on any atom is -0.294 e. The van der Waals surface area contributed by atoms with E-state index in [-0.39, 0.29) is 22.4 Å². The normalized spacial score (nSPS) is 11.1. The third-order valence-electron chi connectivity index (χ3n) is 4.25. The number of ketones is 1. The van der Waals surface area contributed by atoms with Crippen molar-refractivity contribution < 1.29 is 9.18 Å². The highest BCUT2D eigenvalue weighted by Gasteiger charge is 2.22. The molecule has 0 saturated carbocycles. The van der Waals surface area contributed by atoms with E-state index in [9.17, 15) is 18.8 Å². The summed E-state index contributed by atoms with van der Waals surface area (Å²) >= 11 is 0. The Morgan fingerprint density at radius 3 is 2.24 bits per heavy atom. The fraction of sp³-hybridized carbons (Fsp3) is 0.222. The summed E-state index contributed by atoms with van der Waals surface area (Å²) in [5.41, 5.74) is 0.703.